The zero-order valence-electron chi connectivity index (χ0n) is 23.0. The van der Waals surface area contributed by atoms with Crippen molar-refractivity contribution in [3.8, 4) is 11.4 Å². The summed E-state index contributed by atoms with van der Waals surface area (Å²) in [6, 6.07) is 15.9. The van der Waals surface area contributed by atoms with Gasteiger partial charge in [-0.05, 0) is 68.3 Å². The highest BCUT2D eigenvalue weighted by Gasteiger charge is 2.26. The minimum absolute atomic E-state index is 0.415. The first-order chi connectivity index (χ1) is 17.5. The van der Waals surface area contributed by atoms with Crippen LogP contribution in [0.1, 0.15) is 66.2 Å². The molecular formula is C31H42N4O. The van der Waals surface area contributed by atoms with Crippen LogP contribution in [0.2, 0.25) is 0 Å². The van der Waals surface area contributed by atoms with E-state index in [1.165, 1.54) is 52.6 Å². The monoisotopic (exact) mass is 486 g/mol. The van der Waals surface area contributed by atoms with Gasteiger partial charge >= 0.3 is 0 Å². The molecule has 0 spiro atoms. The minimum atomic E-state index is 0.415. The number of hydrogen-bond donors (Lipinski definition) is 0. The molecule has 1 unspecified atom stereocenters. The van der Waals surface area contributed by atoms with Gasteiger partial charge in [-0.3, -0.25) is 4.90 Å². The predicted molar refractivity (Wildman–Crippen MR) is 150 cm³/mol. The maximum Gasteiger partial charge on any atom is 0.162 e. The first-order valence-electron chi connectivity index (χ1n) is 13.4. The summed E-state index contributed by atoms with van der Waals surface area (Å²) in [5, 5.41) is 0. The van der Waals surface area contributed by atoms with Crippen LogP contribution in [-0.4, -0.2) is 49.2 Å². The first kappa shape index (κ1) is 26.3. The second-order valence-electron chi connectivity index (χ2n) is 10.0. The van der Waals surface area contributed by atoms with Crippen molar-refractivity contribution < 1.29 is 4.74 Å². The Bertz CT molecular complexity index is 1150. The van der Waals surface area contributed by atoms with E-state index in [-0.39, 0.29) is 0 Å². The number of fused-ring (bicyclic) bond motifs is 1. The van der Waals surface area contributed by atoms with Crippen molar-refractivity contribution in [2.24, 2.45) is 0 Å². The quantitative estimate of drug-likeness (QED) is 0.343. The molecule has 1 aromatic heterocycles. The molecule has 0 N–H and O–H groups in total. The van der Waals surface area contributed by atoms with E-state index in [4.69, 9.17) is 14.7 Å². The molecule has 1 aliphatic rings. The Hall–Kier alpha value is -2.76. The minimum Gasteiger partial charge on any atom is -0.383 e. The summed E-state index contributed by atoms with van der Waals surface area (Å²) in [4.78, 5) is 15.1. The lowest BCUT2D eigenvalue weighted by Crippen LogP contribution is -2.30. The second-order valence-corrected chi connectivity index (χ2v) is 10.0. The number of nitrogens with zero attached hydrogens (tertiary/aromatic N) is 4. The predicted octanol–water partition coefficient (Wildman–Crippen LogP) is 6.17. The third-order valence-electron chi connectivity index (χ3n) is 7.68. The molecule has 2 aromatic carbocycles. The standard InChI is InChI=1S/C31H42N4O/c1-7-23-14-11-15-24(8-2)29(23)30-32-22(3)27(31(33-30)34(4)19-20-36-6)21-35(5)28-18-12-16-25-13-9-10-17-26(25)28/h9-11,13-15,17,28H,7-8,12,16,18-21H2,1-6H3. The molecule has 0 aliphatic heterocycles. The van der Waals surface area contributed by atoms with Gasteiger partial charge in [0.2, 0.25) is 0 Å². The molecule has 0 radical (unpaired) electrons. The molecule has 5 nitrogen and oxygen atoms in total. The molecule has 0 saturated carbocycles. The van der Waals surface area contributed by atoms with Gasteiger partial charge in [-0.15, -0.1) is 0 Å². The molecule has 1 heterocycles. The van der Waals surface area contributed by atoms with Gasteiger partial charge in [0.1, 0.15) is 5.82 Å². The lowest BCUT2D eigenvalue weighted by atomic mass is 9.87. The second kappa shape index (κ2) is 12.0. The maximum atomic E-state index is 5.41. The maximum absolute atomic E-state index is 5.41. The number of aromatic nitrogens is 2. The van der Waals surface area contributed by atoms with Crippen molar-refractivity contribution in [1.29, 1.82) is 0 Å². The SMILES string of the molecule is CCc1cccc(CC)c1-c1nc(C)c(CN(C)C2CCCc3ccccc32)c(N(C)CCOC)n1. The summed E-state index contributed by atoms with van der Waals surface area (Å²) >= 11 is 0. The molecule has 0 bridgehead atoms. The molecule has 1 aliphatic carbocycles. The van der Waals surface area contributed by atoms with E-state index in [9.17, 15) is 0 Å². The third-order valence-corrected chi connectivity index (χ3v) is 7.68. The van der Waals surface area contributed by atoms with Gasteiger partial charge in [0, 0.05) is 50.1 Å². The van der Waals surface area contributed by atoms with E-state index in [0.717, 1.165) is 43.3 Å². The topological polar surface area (TPSA) is 41.5 Å². The van der Waals surface area contributed by atoms with Crippen LogP contribution in [-0.2, 0) is 30.5 Å². The number of hydrogen-bond acceptors (Lipinski definition) is 5. The van der Waals surface area contributed by atoms with Crippen LogP contribution in [0, 0.1) is 6.92 Å². The molecule has 5 heteroatoms. The number of aryl methyl sites for hydroxylation is 4. The van der Waals surface area contributed by atoms with Crippen LogP contribution >= 0.6 is 0 Å². The fourth-order valence-corrected chi connectivity index (χ4v) is 5.60. The molecule has 0 saturated heterocycles. The van der Waals surface area contributed by atoms with E-state index in [2.05, 4.69) is 87.1 Å². The number of likely N-dealkylation sites (N-methyl/N-ethyl adjacent to an activating group) is 1. The zero-order chi connectivity index (χ0) is 25.7. The molecular weight excluding hydrogens is 444 g/mol. The van der Waals surface area contributed by atoms with Gasteiger partial charge in [-0.25, -0.2) is 9.97 Å². The van der Waals surface area contributed by atoms with E-state index in [0.29, 0.717) is 12.6 Å². The van der Waals surface area contributed by atoms with Crippen molar-refractivity contribution in [3.63, 3.8) is 0 Å². The van der Waals surface area contributed by atoms with Crippen molar-refractivity contribution in [1.82, 2.24) is 14.9 Å². The van der Waals surface area contributed by atoms with Gasteiger partial charge in [-0.2, -0.15) is 0 Å². The first-order valence-corrected chi connectivity index (χ1v) is 13.4. The average Bonchev–Trinajstić information content (AvgIpc) is 2.91. The highest BCUT2D eigenvalue weighted by Crippen LogP contribution is 2.36. The lowest BCUT2D eigenvalue weighted by molar-refractivity contribution is 0.205. The summed E-state index contributed by atoms with van der Waals surface area (Å²) in [5.74, 6) is 1.86. The van der Waals surface area contributed by atoms with Gasteiger partial charge < -0.3 is 9.64 Å². The van der Waals surface area contributed by atoms with Gasteiger partial charge in [-0.1, -0.05) is 56.3 Å². The van der Waals surface area contributed by atoms with Crippen molar-refractivity contribution in [2.75, 3.05) is 39.3 Å². The number of ether oxygens (including phenoxy) is 1. The van der Waals surface area contributed by atoms with Crippen molar-refractivity contribution in [2.45, 2.75) is 65.5 Å². The Morgan fingerprint density at radius 3 is 2.39 bits per heavy atom. The summed E-state index contributed by atoms with van der Waals surface area (Å²) in [5.41, 5.74) is 9.04. The Morgan fingerprint density at radius 2 is 1.69 bits per heavy atom. The Balaban J connectivity index is 1.76. The molecule has 36 heavy (non-hydrogen) atoms. The van der Waals surface area contributed by atoms with Crippen LogP contribution in [0.4, 0.5) is 5.82 Å². The Kier molecular flexibility index (Phi) is 8.76. The summed E-state index contributed by atoms with van der Waals surface area (Å²) in [7, 11) is 6.13. The molecule has 1 atom stereocenters. The van der Waals surface area contributed by atoms with Crippen molar-refractivity contribution >= 4 is 5.82 Å². The zero-order valence-corrected chi connectivity index (χ0v) is 23.0. The fraction of sp³-hybridized carbons (Fsp3) is 0.484. The van der Waals surface area contributed by atoms with Crippen LogP contribution in [0.25, 0.3) is 11.4 Å². The molecule has 192 valence electrons. The third kappa shape index (κ3) is 5.47. The average molecular weight is 487 g/mol. The number of rotatable bonds is 10. The highest BCUT2D eigenvalue weighted by molar-refractivity contribution is 5.68. The smallest absolute Gasteiger partial charge is 0.162 e. The number of benzene rings is 2. The van der Waals surface area contributed by atoms with Crippen LogP contribution in [0.15, 0.2) is 42.5 Å². The molecule has 0 amide bonds. The normalized spacial score (nSPS) is 15.2. The van der Waals surface area contributed by atoms with E-state index in [1.807, 2.05) is 0 Å². The van der Waals surface area contributed by atoms with E-state index in [1.54, 1.807) is 7.11 Å². The van der Waals surface area contributed by atoms with Gasteiger partial charge in [0.25, 0.3) is 0 Å². The Morgan fingerprint density at radius 1 is 0.972 bits per heavy atom. The summed E-state index contributed by atoms with van der Waals surface area (Å²) in [6.45, 7) is 8.83. The van der Waals surface area contributed by atoms with Crippen LogP contribution < -0.4 is 4.90 Å². The summed E-state index contributed by atoms with van der Waals surface area (Å²) < 4.78 is 5.41. The van der Waals surface area contributed by atoms with Crippen LogP contribution in [0.3, 0.4) is 0 Å². The number of methoxy groups -OCH3 is 1. The number of anilines is 1. The fourth-order valence-electron chi connectivity index (χ4n) is 5.60. The van der Waals surface area contributed by atoms with E-state index >= 15 is 0 Å². The molecule has 3 aromatic rings. The van der Waals surface area contributed by atoms with Crippen LogP contribution in [0.5, 0.6) is 0 Å². The highest BCUT2D eigenvalue weighted by atomic mass is 16.5. The molecule has 0 fully saturated rings. The van der Waals surface area contributed by atoms with E-state index < -0.39 is 0 Å². The van der Waals surface area contributed by atoms with Crippen molar-refractivity contribution in [3.05, 3.63) is 76.0 Å². The Labute approximate surface area is 217 Å². The van der Waals surface area contributed by atoms with Gasteiger partial charge in [0.05, 0.1) is 6.61 Å². The molecule has 4 rings (SSSR count). The van der Waals surface area contributed by atoms with Gasteiger partial charge in [0.15, 0.2) is 5.82 Å². The largest absolute Gasteiger partial charge is 0.383 e. The summed E-state index contributed by atoms with van der Waals surface area (Å²) in [6.07, 6.45) is 5.52. The lowest BCUT2D eigenvalue weighted by Gasteiger charge is -2.34.